The molecule has 0 N–H and O–H groups in total. The van der Waals surface area contributed by atoms with Crippen LogP contribution in [0.3, 0.4) is 0 Å². The SMILES string of the molecule is Fc1ccc(C#Cc2ccsc2C#Cc2cc(-c3ccc(F)cc3)cc3ccsc23)cc1. The van der Waals surface area contributed by atoms with E-state index >= 15 is 0 Å². The van der Waals surface area contributed by atoms with Crippen molar-refractivity contribution in [3.8, 4) is 34.8 Å². The van der Waals surface area contributed by atoms with Gasteiger partial charge >= 0.3 is 0 Å². The van der Waals surface area contributed by atoms with Gasteiger partial charge in [-0.05, 0) is 93.9 Å². The average molecular weight is 453 g/mol. The molecule has 0 nitrogen and oxygen atoms in total. The number of benzene rings is 3. The summed E-state index contributed by atoms with van der Waals surface area (Å²) in [5.41, 5.74) is 4.49. The van der Waals surface area contributed by atoms with E-state index in [2.05, 4.69) is 47.3 Å². The first-order chi connectivity index (χ1) is 15.7. The highest BCUT2D eigenvalue weighted by Gasteiger charge is 2.07. The van der Waals surface area contributed by atoms with Crippen molar-refractivity contribution in [1.29, 1.82) is 0 Å². The predicted octanol–water partition coefficient (Wildman–Crippen LogP) is 7.71. The summed E-state index contributed by atoms with van der Waals surface area (Å²) in [6.07, 6.45) is 0. The molecule has 0 unspecified atom stereocenters. The lowest BCUT2D eigenvalue weighted by Gasteiger charge is -2.04. The van der Waals surface area contributed by atoms with E-state index in [0.29, 0.717) is 0 Å². The largest absolute Gasteiger partial charge is 0.207 e. The molecule has 0 aliphatic carbocycles. The number of rotatable bonds is 1. The second kappa shape index (κ2) is 8.81. The first kappa shape index (κ1) is 20.2. The van der Waals surface area contributed by atoms with Crippen LogP contribution in [0.5, 0.6) is 0 Å². The highest BCUT2D eigenvalue weighted by molar-refractivity contribution is 7.17. The van der Waals surface area contributed by atoms with Gasteiger partial charge in [0.2, 0.25) is 0 Å². The molecule has 5 aromatic rings. The summed E-state index contributed by atoms with van der Waals surface area (Å²) < 4.78 is 27.6. The van der Waals surface area contributed by atoms with Gasteiger partial charge in [0.05, 0.1) is 10.4 Å². The summed E-state index contributed by atoms with van der Waals surface area (Å²) in [6, 6.07) is 20.8. The Balaban J connectivity index is 1.51. The van der Waals surface area contributed by atoms with Gasteiger partial charge in [0, 0.05) is 15.8 Å². The Hall–Kier alpha value is -3.70. The molecule has 2 heterocycles. The number of thiophene rings is 2. The molecular formula is C28H14F2S2. The zero-order valence-electron chi connectivity index (χ0n) is 16.7. The second-order valence-corrected chi connectivity index (χ2v) is 8.87. The highest BCUT2D eigenvalue weighted by Crippen LogP contribution is 2.31. The molecule has 0 saturated heterocycles. The molecule has 2 aromatic heterocycles. The molecule has 0 atom stereocenters. The van der Waals surface area contributed by atoms with Crippen molar-refractivity contribution in [3.63, 3.8) is 0 Å². The van der Waals surface area contributed by atoms with E-state index in [0.717, 1.165) is 42.8 Å². The van der Waals surface area contributed by atoms with Gasteiger partial charge < -0.3 is 0 Å². The molecule has 0 aliphatic heterocycles. The Kier molecular flexibility index (Phi) is 5.57. The summed E-state index contributed by atoms with van der Waals surface area (Å²) in [5.74, 6) is 12.3. The third-order valence-corrected chi connectivity index (χ3v) is 6.68. The molecule has 0 saturated carbocycles. The van der Waals surface area contributed by atoms with Gasteiger partial charge in [0.25, 0.3) is 0 Å². The molecular weight excluding hydrogens is 438 g/mol. The van der Waals surface area contributed by atoms with Gasteiger partial charge in [-0.15, -0.1) is 22.7 Å². The summed E-state index contributed by atoms with van der Waals surface area (Å²) in [5, 5.41) is 5.13. The maximum absolute atomic E-state index is 13.3. The minimum absolute atomic E-state index is 0.252. The van der Waals surface area contributed by atoms with Crippen molar-refractivity contribution < 1.29 is 8.78 Å². The van der Waals surface area contributed by atoms with Crippen LogP contribution in [0.2, 0.25) is 0 Å². The fraction of sp³-hybridized carbons (Fsp3) is 0. The topological polar surface area (TPSA) is 0 Å². The molecule has 0 amide bonds. The van der Waals surface area contributed by atoms with Crippen LogP contribution in [0, 0.1) is 35.3 Å². The van der Waals surface area contributed by atoms with Gasteiger partial charge in [-0.2, -0.15) is 0 Å². The lowest BCUT2D eigenvalue weighted by atomic mass is 10.0. The summed E-state index contributed by atoms with van der Waals surface area (Å²) in [4.78, 5) is 0.886. The molecule has 0 radical (unpaired) electrons. The molecule has 5 rings (SSSR count). The average Bonchev–Trinajstić information content (AvgIpc) is 3.47. The number of fused-ring (bicyclic) bond motifs is 1. The number of hydrogen-bond acceptors (Lipinski definition) is 2. The van der Waals surface area contributed by atoms with Crippen molar-refractivity contribution in [1.82, 2.24) is 0 Å². The maximum atomic E-state index is 13.3. The fourth-order valence-corrected chi connectivity index (χ4v) is 4.83. The zero-order chi connectivity index (χ0) is 21.9. The van der Waals surface area contributed by atoms with Crippen molar-refractivity contribution in [2.75, 3.05) is 0 Å². The van der Waals surface area contributed by atoms with Gasteiger partial charge in [-0.25, -0.2) is 8.78 Å². The minimum Gasteiger partial charge on any atom is -0.207 e. The molecule has 0 fully saturated rings. The van der Waals surface area contributed by atoms with Gasteiger partial charge in [-0.1, -0.05) is 29.9 Å². The zero-order valence-corrected chi connectivity index (χ0v) is 18.3. The van der Waals surface area contributed by atoms with Crippen molar-refractivity contribution in [2.24, 2.45) is 0 Å². The minimum atomic E-state index is -0.277. The number of halogens is 2. The van der Waals surface area contributed by atoms with E-state index in [1.54, 1.807) is 46.9 Å². The maximum Gasteiger partial charge on any atom is 0.123 e. The van der Waals surface area contributed by atoms with Gasteiger partial charge in [-0.3, -0.25) is 0 Å². The quantitative estimate of drug-likeness (QED) is 0.229. The fourth-order valence-electron chi connectivity index (χ4n) is 3.29. The van der Waals surface area contributed by atoms with Crippen LogP contribution in [0.25, 0.3) is 21.2 Å². The molecule has 3 aromatic carbocycles. The lowest BCUT2D eigenvalue weighted by molar-refractivity contribution is 0.627. The monoisotopic (exact) mass is 452 g/mol. The van der Waals surface area contributed by atoms with Crippen LogP contribution >= 0.6 is 22.7 Å². The Morgan fingerprint density at radius 3 is 2.03 bits per heavy atom. The van der Waals surface area contributed by atoms with Crippen LogP contribution in [0.15, 0.2) is 83.6 Å². The molecule has 152 valence electrons. The van der Waals surface area contributed by atoms with E-state index in [9.17, 15) is 8.78 Å². The lowest BCUT2D eigenvalue weighted by Crippen LogP contribution is -1.83. The van der Waals surface area contributed by atoms with Crippen molar-refractivity contribution in [2.45, 2.75) is 0 Å². The molecule has 0 aliphatic rings. The van der Waals surface area contributed by atoms with Gasteiger partial charge in [0.1, 0.15) is 11.6 Å². The Labute approximate surface area is 192 Å². The van der Waals surface area contributed by atoms with Crippen molar-refractivity contribution >= 4 is 32.8 Å². The standard InChI is InChI=1S/C28H14F2S2/c29-25-8-2-19(3-9-25)1-4-21-13-15-31-27(21)12-7-22-17-24(18-23-14-16-32-28(22)23)20-5-10-26(30)11-6-20/h2-3,5-6,8-11,13-18H. The highest BCUT2D eigenvalue weighted by atomic mass is 32.1. The summed E-state index contributed by atoms with van der Waals surface area (Å²) >= 11 is 3.19. The van der Waals surface area contributed by atoms with Crippen LogP contribution in [0.1, 0.15) is 21.6 Å². The molecule has 0 spiro atoms. The summed E-state index contributed by atoms with van der Waals surface area (Å²) in [6.45, 7) is 0. The second-order valence-electron chi connectivity index (χ2n) is 7.04. The third-order valence-electron chi connectivity index (χ3n) is 4.89. The van der Waals surface area contributed by atoms with E-state index in [4.69, 9.17) is 0 Å². The van der Waals surface area contributed by atoms with Crippen LogP contribution in [-0.4, -0.2) is 0 Å². The van der Waals surface area contributed by atoms with Crippen molar-refractivity contribution in [3.05, 3.63) is 117 Å². The van der Waals surface area contributed by atoms with E-state index in [-0.39, 0.29) is 11.6 Å². The van der Waals surface area contributed by atoms with Crippen LogP contribution in [-0.2, 0) is 0 Å². The Bertz CT molecular complexity index is 1530. The van der Waals surface area contributed by atoms with Crippen LogP contribution < -0.4 is 0 Å². The van der Waals surface area contributed by atoms with E-state index in [1.807, 2.05) is 11.4 Å². The Morgan fingerprint density at radius 2 is 1.25 bits per heavy atom. The molecule has 0 bridgehead atoms. The summed E-state index contributed by atoms with van der Waals surface area (Å²) in [7, 11) is 0. The normalized spacial score (nSPS) is 10.3. The Morgan fingerprint density at radius 1 is 0.562 bits per heavy atom. The predicted molar refractivity (Wildman–Crippen MR) is 130 cm³/mol. The first-order valence-corrected chi connectivity index (χ1v) is 11.6. The molecule has 4 heteroatoms. The number of hydrogen-bond donors (Lipinski definition) is 0. The molecule has 32 heavy (non-hydrogen) atoms. The van der Waals surface area contributed by atoms with Crippen LogP contribution in [0.4, 0.5) is 8.78 Å². The third kappa shape index (κ3) is 4.34. The van der Waals surface area contributed by atoms with Gasteiger partial charge in [0.15, 0.2) is 0 Å². The first-order valence-electron chi connectivity index (χ1n) is 9.80. The smallest absolute Gasteiger partial charge is 0.123 e. The van der Waals surface area contributed by atoms with E-state index < -0.39 is 0 Å². The van der Waals surface area contributed by atoms with E-state index in [1.165, 1.54) is 24.3 Å².